The molecule has 1 heterocycles. The van der Waals surface area contributed by atoms with Crippen LogP contribution < -0.4 is 10.5 Å². The molecular weight excluding hydrogens is 306 g/mol. The van der Waals surface area contributed by atoms with Crippen molar-refractivity contribution in [3.05, 3.63) is 59.4 Å². The van der Waals surface area contributed by atoms with Gasteiger partial charge in [0.1, 0.15) is 4.99 Å². The maximum absolute atomic E-state index is 12.3. The Morgan fingerprint density at radius 1 is 1.38 bits per heavy atom. The van der Waals surface area contributed by atoms with Crippen LogP contribution in [0.1, 0.15) is 16.7 Å². The van der Waals surface area contributed by atoms with Crippen molar-refractivity contribution in [2.75, 3.05) is 0 Å². The molecule has 21 heavy (non-hydrogen) atoms. The minimum absolute atomic E-state index is 0.187. The summed E-state index contributed by atoms with van der Waals surface area (Å²) in [5.74, 6) is 0. The Morgan fingerprint density at radius 2 is 2.14 bits per heavy atom. The number of aryl methyl sites for hydroxylation is 1. The van der Waals surface area contributed by atoms with Crippen molar-refractivity contribution in [2.45, 2.75) is 18.4 Å². The molecule has 0 bridgehead atoms. The first kappa shape index (κ1) is 15.6. The molecule has 5 nitrogen and oxygen atoms in total. The minimum atomic E-state index is -3.59. The summed E-state index contributed by atoms with van der Waals surface area (Å²) in [6, 6.07) is 8.34. The maximum atomic E-state index is 12.3. The Labute approximate surface area is 129 Å². The van der Waals surface area contributed by atoms with Crippen molar-refractivity contribution in [1.29, 1.82) is 0 Å². The van der Waals surface area contributed by atoms with Gasteiger partial charge in [-0.3, -0.25) is 4.98 Å². The number of nitrogens with one attached hydrogen (secondary N) is 1. The standard InChI is InChI=1S/C14H15N3O2S2/c1-10-7-12(14(15)20)4-5-13(10)21(18,19)17-9-11-3-2-6-16-8-11/h2-8,17H,9H2,1H3,(H2,15,20). The van der Waals surface area contributed by atoms with Gasteiger partial charge in [-0.2, -0.15) is 0 Å². The average molecular weight is 321 g/mol. The number of nitrogens with two attached hydrogens (primary N) is 1. The number of pyridine rings is 1. The number of sulfonamides is 1. The second kappa shape index (κ2) is 6.30. The lowest BCUT2D eigenvalue weighted by atomic mass is 10.1. The second-order valence-corrected chi connectivity index (χ2v) is 6.71. The van der Waals surface area contributed by atoms with Crippen LogP contribution >= 0.6 is 12.2 Å². The van der Waals surface area contributed by atoms with Gasteiger partial charge in [0.15, 0.2) is 0 Å². The van der Waals surface area contributed by atoms with Crippen LogP contribution in [0.4, 0.5) is 0 Å². The van der Waals surface area contributed by atoms with Crippen molar-refractivity contribution in [1.82, 2.24) is 9.71 Å². The lowest BCUT2D eigenvalue weighted by Crippen LogP contribution is -2.24. The lowest BCUT2D eigenvalue weighted by molar-refractivity contribution is 0.580. The van der Waals surface area contributed by atoms with Gasteiger partial charge in [0, 0.05) is 24.5 Å². The first-order valence-electron chi connectivity index (χ1n) is 6.19. The number of nitrogens with zero attached hydrogens (tertiary/aromatic N) is 1. The van der Waals surface area contributed by atoms with Crippen molar-refractivity contribution >= 4 is 27.2 Å². The van der Waals surface area contributed by atoms with E-state index in [0.29, 0.717) is 11.1 Å². The third-order valence-electron chi connectivity index (χ3n) is 2.94. The Hall–Kier alpha value is -1.83. The summed E-state index contributed by atoms with van der Waals surface area (Å²) in [6.45, 7) is 1.90. The summed E-state index contributed by atoms with van der Waals surface area (Å²) in [6.07, 6.45) is 3.25. The van der Waals surface area contributed by atoms with Crippen molar-refractivity contribution in [2.24, 2.45) is 5.73 Å². The summed E-state index contributed by atoms with van der Waals surface area (Å²) in [5, 5.41) is 0. The number of benzene rings is 1. The summed E-state index contributed by atoms with van der Waals surface area (Å²) in [4.78, 5) is 4.40. The number of hydrogen-bond acceptors (Lipinski definition) is 4. The number of aromatic nitrogens is 1. The molecule has 2 rings (SSSR count). The van der Waals surface area contributed by atoms with E-state index < -0.39 is 10.0 Å². The van der Waals surface area contributed by atoms with E-state index in [9.17, 15) is 8.42 Å². The largest absolute Gasteiger partial charge is 0.389 e. The molecule has 3 N–H and O–H groups in total. The smallest absolute Gasteiger partial charge is 0.241 e. The molecule has 2 aromatic rings. The summed E-state index contributed by atoms with van der Waals surface area (Å²) >= 11 is 4.88. The van der Waals surface area contributed by atoms with E-state index in [0.717, 1.165) is 5.56 Å². The van der Waals surface area contributed by atoms with Gasteiger partial charge >= 0.3 is 0 Å². The fourth-order valence-electron chi connectivity index (χ4n) is 1.86. The molecule has 0 unspecified atom stereocenters. The molecule has 0 atom stereocenters. The van der Waals surface area contributed by atoms with Gasteiger partial charge in [0.25, 0.3) is 0 Å². The Bertz CT molecular complexity index is 759. The SMILES string of the molecule is Cc1cc(C(N)=S)ccc1S(=O)(=O)NCc1cccnc1. The minimum Gasteiger partial charge on any atom is -0.389 e. The Morgan fingerprint density at radius 3 is 2.71 bits per heavy atom. The predicted octanol–water partition coefficient (Wildman–Crippen LogP) is 1.50. The maximum Gasteiger partial charge on any atom is 0.241 e. The Kier molecular flexibility index (Phi) is 4.66. The second-order valence-electron chi connectivity index (χ2n) is 4.53. The molecule has 0 amide bonds. The zero-order valence-electron chi connectivity index (χ0n) is 11.4. The summed E-state index contributed by atoms with van der Waals surface area (Å²) < 4.78 is 27.2. The van der Waals surface area contributed by atoms with Crippen molar-refractivity contribution in [3.8, 4) is 0 Å². The van der Waals surface area contributed by atoms with Gasteiger partial charge in [-0.15, -0.1) is 0 Å². The topological polar surface area (TPSA) is 85.1 Å². The van der Waals surface area contributed by atoms with Crippen molar-refractivity contribution < 1.29 is 8.42 Å². The Balaban J connectivity index is 2.22. The molecule has 0 fully saturated rings. The molecule has 0 saturated carbocycles. The molecule has 1 aromatic heterocycles. The van der Waals surface area contributed by atoms with E-state index in [1.807, 2.05) is 0 Å². The first-order valence-corrected chi connectivity index (χ1v) is 8.08. The fraction of sp³-hybridized carbons (Fsp3) is 0.143. The molecule has 1 aromatic carbocycles. The quantitative estimate of drug-likeness (QED) is 0.815. The fourth-order valence-corrected chi connectivity index (χ4v) is 3.23. The third-order valence-corrected chi connectivity index (χ3v) is 4.74. The van der Waals surface area contributed by atoms with E-state index in [4.69, 9.17) is 18.0 Å². The molecule has 0 radical (unpaired) electrons. The van der Waals surface area contributed by atoms with E-state index >= 15 is 0 Å². The van der Waals surface area contributed by atoms with Crippen LogP contribution in [-0.4, -0.2) is 18.4 Å². The molecular formula is C14H15N3O2S2. The number of thiocarbonyl (C=S) groups is 1. The normalized spacial score (nSPS) is 11.3. The summed E-state index contributed by atoms with van der Waals surface area (Å²) in [5.41, 5.74) is 7.57. The van der Waals surface area contributed by atoms with Crippen molar-refractivity contribution in [3.63, 3.8) is 0 Å². The lowest BCUT2D eigenvalue weighted by Gasteiger charge is -2.10. The number of hydrogen-bond donors (Lipinski definition) is 2. The zero-order valence-corrected chi connectivity index (χ0v) is 13.0. The van der Waals surface area contributed by atoms with E-state index in [-0.39, 0.29) is 16.4 Å². The molecule has 0 saturated heterocycles. The van der Waals surface area contributed by atoms with Crippen LogP contribution in [0.25, 0.3) is 0 Å². The van der Waals surface area contributed by atoms with E-state index in [1.54, 1.807) is 43.6 Å². The van der Waals surface area contributed by atoms with Crippen LogP contribution in [0.5, 0.6) is 0 Å². The van der Waals surface area contributed by atoms with Gasteiger partial charge in [0.05, 0.1) is 4.90 Å². The van der Waals surface area contributed by atoms with Gasteiger partial charge in [-0.1, -0.05) is 24.4 Å². The van der Waals surface area contributed by atoms with Crippen LogP contribution in [-0.2, 0) is 16.6 Å². The van der Waals surface area contributed by atoms with E-state index in [1.165, 1.54) is 6.07 Å². The molecule has 0 aliphatic heterocycles. The first-order chi connectivity index (χ1) is 9.90. The average Bonchev–Trinajstić information content (AvgIpc) is 2.46. The molecule has 7 heteroatoms. The van der Waals surface area contributed by atoms with Crippen LogP contribution in [0, 0.1) is 6.92 Å². The zero-order chi connectivity index (χ0) is 15.5. The van der Waals surface area contributed by atoms with Crippen LogP contribution in [0.15, 0.2) is 47.6 Å². The molecule has 0 aliphatic rings. The third kappa shape index (κ3) is 3.84. The molecule has 0 spiro atoms. The molecule has 110 valence electrons. The van der Waals surface area contributed by atoms with Gasteiger partial charge < -0.3 is 5.73 Å². The van der Waals surface area contributed by atoms with E-state index in [2.05, 4.69) is 9.71 Å². The highest BCUT2D eigenvalue weighted by molar-refractivity contribution is 7.89. The summed E-state index contributed by atoms with van der Waals surface area (Å²) in [7, 11) is -3.59. The van der Waals surface area contributed by atoms with Gasteiger partial charge in [-0.05, 0) is 36.2 Å². The van der Waals surface area contributed by atoms with Gasteiger partial charge in [0.2, 0.25) is 10.0 Å². The highest BCUT2D eigenvalue weighted by Gasteiger charge is 2.17. The number of rotatable bonds is 5. The highest BCUT2D eigenvalue weighted by atomic mass is 32.2. The monoisotopic (exact) mass is 321 g/mol. The predicted molar refractivity (Wildman–Crippen MR) is 85.3 cm³/mol. The highest BCUT2D eigenvalue weighted by Crippen LogP contribution is 2.17. The molecule has 0 aliphatic carbocycles. The van der Waals surface area contributed by atoms with Gasteiger partial charge in [-0.25, -0.2) is 13.1 Å². The van der Waals surface area contributed by atoms with Crippen LogP contribution in [0.3, 0.4) is 0 Å². The van der Waals surface area contributed by atoms with Crippen LogP contribution in [0.2, 0.25) is 0 Å².